The molecule has 0 radical (unpaired) electrons. The Balaban J connectivity index is 2.06. The molecular weight excluding hydrogens is 324 g/mol. The Bertz CT molecular complexity index is 731. The molecule has 1 saturated heterocycles. The van der Waals surface area contributed by atoms with Gasteiger partial charge >= 0.3 is 0 Å². The van der Waals surface area contributed by atoms with Crippen LogP contribution in [0.5, 0.6) is 0 Å². The van der Waals surface area contributed by atoms with Crippen molar-refractivity contribution in [1.82, 2.24) is 9.78 Å². The quantitative estimate of drug-likeness (QED) is 0.901. The van der Waals surface area contributed by atoms with E-state index in [1.165, 1.54) is 0 Å². The van der Waals surface area contributed by atoms with Gasteiger partial charge in [-0.15, -0.1) is 11.3 Å². The summed E-state index contributed by atoms with van der Waals surface area (Å²) >= 11 is 1.64. The van der Waals surface area contributed by atoms with Crippen LogP contribution in [-0.4, -0.2) is 41.5 Å². The van der Waals surface area contributed by atoms with Crippen molar-refractivity contribution in [2.24, 2.45) is 12.8 Å². The second kappa shape index (κ2) is 6.94. The number of thiophene rings is 1. The summed E-state index contributed by atoms with van der Waals surface area (Å²) in [4.78, 5) is 15.4. The minimum atomic E-state index is -0.378. The molecule has 0 aromatic carbocycles. The summed E-state index contributed by atoms with van der Waals surface area (Å²) in [6, 6.07) is 0.448. The number of rotatable bonds is 5. The lowest BCUT2D eigenvalue weighted by Crippen LogP contribution is -2.39. The minimum Gasteiger partial charge on any atom is -0.381 e. The third-order valence-corrected chi connectivity index (χ3v) is 5.95. The van der Waals surface area contributed by atoms with Gasteiger partial charge in [-0.2, -0.15) is 5.10 Å². The topological polar surface area (TPSA) is 73.4 Å². The molecule has 1 aliphatic rings. The number of nitrogens with two attached hydrogens (primary N) is 1. The van der Waals surface area contributed by atoms with Crippen LogP contribution >= 0.6 is 11.3 Å². The van der Waals surface area contributed by atoms with E-state index in [2.05, 4.69) is 16.9 Å². The second-order valence-corrected chi connectivity index (χ2v) is 7.13. The highest BCUT2D eigenvalue weighted by molar-refractivity contribution is 7.20. The zero-order valence-corrected chi connectivity index (χ0v) is 15.2. The molecule has 7 heteroatoms. The third kappa shape index (κ3) is 3.06. The summed E-state index contributed by atoms with van der Waals surface area (Å²) in [5.41, 5.74) is 8.22. The number of hydrogen-bond acceptors (Lipinski definition) is 5. The van der Waals surface area contributed by atoms with Crippen molar-refractivity contribution < 1.29 is 9.53 Å². The molecule has 24 heavy (non-hydrogen) atoms. The summed E-state index contributed by atoms with van der Waals surface area (Å²) in [5.74, 6) is -0.378. The number of aromatic nitrogens is 2. The van der Waals surface area contributed by atoms with Crippen LogP contribution in [0.25, 0.3) is 10.4 Å². The molecule has 0 spiro atoms. The van der Waals surface area contributed by atoms with Crippen molar-refractivity contribution in [3.8, 4) is 10.4 Å². The first-order chi connectivity index (χ1) is 11.5. The zero-order valence-electron chi connectivity index (χ0n) is 14.4. The minimum absolute atomic E-state index is 0.378. The van der Waals surface area contributed by atoms with Crippen molar-refractivity contribution in [1.29, 1.82) is 0 Å². The molecule has 2 aromatic heterocycles. The van der Waals surface area contributed by atoms with Gasteiger partial charge in [-0.05, 0) is 32.3 Å². The van der Waals surface area contributed by atoms with Crippen LogP contribution < -0.4 is 10.6 Å². The molecule has 0 unspecified atom stereocenters. The van der Waals surface area contributed by atoms with Gasteiger partial charge in [-0.25, -0.2) is 0 Å². The van der Waals surface area contributed by atoms with Crippen LogP contribution in [0.4, 0.5) is 5.00 Å². The molecule has 6 nitrogen and oxygen atoms in total. The molecule has 0 atom stereocenters. The van der Waals surface area contributed by atoms with E-state index in [0.29, 0.717) is 11.6 Å². The molecule has 3 heterocycles. The lowest BCUT2D eigenvalue weighted by molar-refractivity contribution is 0.0847. The Labute approximate surface area is 146 Å². The zero-order chi connectivity index (χ0) is 17.3. The van der Waals surface area contributed by atoms with Crippen LogP contribution in [-0.2, 0) is 11.8 Å². The molecular formula is C17H24N4O2S. The van der Waals surface area contributed by atoms with E-state index in [9.17, 15) is 4.79 Å². The van der Waals surface area contributed by atoms with E-state index in [-0.39, 0.29) is 5.91 Å². The second-order valence-electron chi connectivity index (χ2n) is 6.13. The number of aryl methyl sites for hydroxylation is 1. The van der Waals surface area contributed by atoms with Crippen LogP contribution in [0.3, 0.4) is 0 Å². The molecule has 1 aliphatic heterocycles. The fourth-order valence-corrected chi connectivity index (χ4v) is 4.80. The number of primary amides is 1. The molecule has 0 saturated carbocycles. The van der Waals surface area contributed by atoms with Crippen molar-refractivity contribution >= 4 is 22.2 Å². The molecule has 0 bridgehead atoms. The Morgan fingerprint density at radius 3 is 2.75 bits per heavy atom. The monoisotopic (exact) mass is 348 g/mol. The van der Waals surface area contributed by atoms with Crippen molar-refractivity contribution in [3.63, 3.8) is 0 Å². The maximum atomic E-state index is 12.1. The average Bonchev–Trinajstić information content (AvgIpc) is 3.13. The predicted octanol–water partition coefficient (Wildman–Crippen LogP) is 2.56. The summed E-state index contributed by atoms with van der Waals surface area (Å²) < 4.78 is 7.23. The smallest absolute Gasteiger partial charge is 0.250 e. The van der Waals surface area contributed by atoms with E-state index >= 15 is 0 Å². The van der Waals surface area contributed by atoms with Gasteiger partial charge in [0, 0.05) is 44.6 Å². The van der Waals surface area contributed by atoms with Crippen LogP contribution in [0, 0.1) is 6.92 Å². The number of amides is 1. The highest BCUT2D eigenvalue weighted by Gasteiger charge is 2.28. The maximum Gasteiger partial charge on any atom is 0.250 e. The van der Waals surface area contributed by atoms with Gasteiger partial charge in [-0.3, -0.25) is 9.48 Å². The van der Waals surface area contributed by atoms with Crippen LogP contribution in [0.1, 0.15) is 35.7 Å². The Hall–Kier alpha value is -1.86. The number of anilines is 1. The first-order valence-corrected chi connectivity index (χ1v) is 9.11. The Morgan fingerprint density at radius 1 is 1.50 bits per heavy atom. The summed E-state index contributed by atoms with van der Waals surface area (Å²) in [5, 5.41) is 5.36. The molecule has 1 fully saturated rings. The molecule has 2 aromatic rings. The van der Waals surface area contributed by atoms with Crippen LogP contribution in [0.2, 0.25) is 0 Å². The highest BCUT2D eigenvalue weighted by Crippen LogP contribution is 2.42. The first kappa shape index (κ1) is 17.0. The van der Waals surface area contributed by atoms with E-state index in [4.69, 9.17) is 10.5 Å². The molecule has 130 valence electrons. The van der Waals surface area contributed by atoms with E-state index < -0.39 is 0 Å². The van der Waals surface area contributed by atoms with Crippen molar-refractivity contribution in [2.75, 3.05) is 24.7 Å². The molecule has 0 aliphatic carbocycles. The fourth-order valence-electron chi connectivity index (χ4n) is 3.38. The van der Waals surface area contributed by atoms with Gasteiger partial charge in [0.15, 0.2) is 0 Å². The Kier molecular flexibility index (Phi) is 4.91. The normalized spacial score (nSPS) is 15.6. The largest absolute Gasteiger partial charge is 0.381 e. The third-order valence-electron chi connectivity index (χ3n) is 4.57. The standard InChI is InChI=1S/C17H24N4O2S/c1-4-21(13-5-7-23-8-6-13)17-11(2)14(16(18)22)15(24-17)12-9-19-20(3)10-12/h9-10,13H,4-8H2,1-3H3,(H2,18,22). The highest BCUT2D eigenvalue weighted by atomic mass is 32.1. The van der Waals surface area contributed by atoms with E-state index in [1.807, 2.05) is 20.2 Å². The molecule has 3 rings (SSSR count). The summed E-state index contributed by atoms with van der Waals surface area (Å²) in [6.07, 6.45) is 5.73. The van der Waals surface area contributed by atoms with Crippen molar-refractivity contribution in [2.45, 2.75) is 32.7 Å². The van der Waals surface area contributed by atoms with E-state index in [0.717, 1.165) is 53.6 Å². The van der Waals surface area contributed by atoms with Crippen LogP contribution in [0.15, 0.2) is 12.4 Å². The predicted molar refractivity (Wildman–Crippen MR) is 96.6 cm³/mol. The number of nitrogens with zero attached hydrogens (tertiary/aromatic N) is 3. The lowest BCUT2D eigenvalue weighted by atomic mass is 10.0. The maximum absolute atomic E-state index is 12.1. The fraction of sp³-hybridized carbons (Fsp3) is 0.529. The Morgan fingerprint density at radius 2 is 2.21 bits per heavy atom. The number of carbonyl (C=O) groups excluding carboxylic acids is 1. The van der Waals surface area contributed by atoms with Gasteiger partial charge in [0.2, 0.25) is 0 Å². The first-order valence-electron chi connectivity index (χ1n) is 8.29. The van der Waals surface area contributed by atoms with Gasteiger partial charge in [-0.1, -0.05) is 0 Å². The summed E-state index contributed by atoms with van der Waals surface area (Å²) in [6.45, 7) is 6.64. The van der Waals surface area contributed by atoms with Gasteiger partial charge in [0.25, 0.3) is 5.91 Å². The SMILES string of the molecule is CCN(c1sc(-c2cnn(C)c2)c(C(N)=O)c1C)C1CCOCC1. The summed E-state index contributed by atoms with van der Waals surface area (Å²) in [7, 11) is 1.87. The lowest BCUT2D eigenvalue weighted by Gasteiger charge is -2.34. The molecule has 1 amide bonds. The molecule has 2 N–H and O–H groups in total. The number of carbonyl (C=O) groups is 1. The number of ether oxygens (including phenoxy) is 1. The van der Waals surface area contributed by atoms with E-state index in [1.54, 1.807) is 22.2 Å². The van der Waals surface area contributed by atoms with Gasteiger partial charge in [0.1, 0.15) is 0 Å². The van der Waals surface area contributed by atoms with Crippen molar-refractivity contribution in [3.05, 3.63) is 23.5 Å². The number of hydrogen-bond donors (Lipinski definition) is 1. The van der Waals surface area contributed by atoms with Gasteiger partial charge < -0.3 is 15.4 Å². The average molecular weight is 348 g/mol. The van der Waals surface area contributed by atoms with Gasteiger partial charge in [0.05, 0.1) is 21.6 Å².